The first-order valence-corrected chi connectivity index (χ1v) is 12.6. The topological polar surface area (TPSA) is 69.9 Å². The molecule has 0 aromatic heterocycles. The van der Waals surface area contributed by atoms with Gasteiger partial charge < -0.3 is 15.5 Å². The molecule has 2 unspecified atom stereocenters. The zero-order valence-electron chi connectivity index (χ0n) is 19.4. The van der Waals surface area contributed by atoms with E-state index in [2.05, 4.69) is 4.90 Å². The number of aryl methyl sites for hydroxylation is 1. The average Bonchev–Trinajstić information content (AvgIpc) is 3.01. The summed E-state index contributed by atoms with van der Waals surface area (Å²) in [5.74, 6) is 0.209. The molecule has 3 fully saturated rings. The van der Waals surface area contributed by atoms with Crippen LogP contribution in [0, 0.1) is 12.8 Å². The summed E-state index contributed by atoms with van der Waals surface area (Å²) >= 11 is 6.42. The van der Waals surface area contributed by atoms with Crippen LogP contribution in [0.15, 0.2) is 18.2 Å². The maximum atomic E-state index is 13.6. The molecule has 1 aromatic rings. The van der Waals surface area contributed by atoms with E-state index in [1.54, 1.807) is 6.92 Å². The quantitative estimate of drug-likeness (QED) is 0.704. The zero-order valence-corrected chi connectivity index (χ0v) is 20.2. The minimum Gasteiger partial charge on any atom is -0.343 e. The monoisotopic (exact) mass is 460 g/mol. The van der Waals surface area contributed by atoms with E-state index in [9.17, 15) is 9.59 Å². The van der Waals surface area contributed by atoms with Gasteiger partial charge in [-0.15, -0.1) is 0 Å². The number of nitrogens with zero attached hydrogens (tertiary/aromatic N) is 3. The van der Waals surface area contributed by atoms with Gasteiger partial charge in [-0.3, -0.25) is 14.5 Å². The molecule has 32 heavy (non-hydrogen) atoms. The molecular formula is C25H37ClN4O2. The number of carbonyl (C=O) groups is 2. The van der Waals surface area contributed by atoms with Gasteiger partial charge in [-0.2, -0.15) is 0 Å². The number of likely N-dealkylation sites (tertiary alicyclic amines) is 1. The smallest absolute Gasteiger partial charge is 0.230 e. The van der Waals surface area contributed by atoms with E-state index in [4.69, 9.17) is 17.3 Å². The highest BCUT2D eigenvalue weighted by Gasteiger charge is 2.39. The Morgan fingerprint density at radius 3 is 2.38 bits per heavy atom. The fourth-order valence-corrected chi connectivity index (χ4v) is 6.05. The summed E-state index contributed by atoms with van der Waals surface area (Å²) in [6.45, 7) is 6.59. The molecule has 3 aliphatic rings. The van der Waals surface area contributed by atoms with Crippen LogP contribution in [0.2, 0.25) is 5.02 Å². The second-order valence-corrected chi connectivity index (χ2v) is 10.3. The molecule has 176 valence electrons. The summed E-state index contributed by atoms with van der Waals surface area (Å²) in [6, 6.07) is 7.48. The molecule has 0 radical (unpaired) electrons. The summed E-state index contributed by atoms with van der Waals surface area (Å²) in [6.07, 6.45) is 7.09. The van der Waals surface area contributed by atoms with Crippen molar-refractivity contribution in [3.63, 3.8) is 0 Å². The number of nitrogens with two attached hydrogens (primary N) is 1. The van der Waals surface area contributed by atoms with Crippen molar-refractivity contribution < 1.29 is 9.59 Å². The van der Waals surface area contributed by atoms with E-state index in [0.29, 0.717) is 42.8 Å². The van der Waals surface area contributed by atoms with Crippen molar-refractivity contribution in [1.82, 2.24) is 9.80 Å². The standard InChI is InChI=1S/C25H37ClN4O2/c1-17-4-5-23(16-24(17)26)30(25(32)19-8-12-28(13-9-19)18(2)31)11-3-10-29-21-6-7-22(29)15-20(27)14-21/h4-5,16,19-22H,3,6-15,27H2,1-2H3. The van der Waals surface area contributed by atoms with Gasteiger partial charge in [0.05, 0.1) is 0 Å². The van der Waals surface area contributed by atoms with Gasteiger partial charge >= 0.3 is 0 Å². The van der Waals surface area contributed by atoms with Crippen molar-refractivity contribution in [2.75, 3.05) is 31.1 Å². The lowest BCUT2D eigenvalue weighted by Gasteiger charge is -2.38. The molecule has 0 aliphatic carbocycles. The molecule has 3 saturated heterocycles. The van der Waals surface area contributed by atoms with Crippen molar-refractivity contribution in [1.29, 1.82) is 0 Å². The van der Waals surface area contributed by atoms with Crippen LogP contribution in [-0.2, 0) is 9.59 Å². The predicted octanol–water partition coefficient (Wildman–Crippen LogP) is 3.58. The van der Waals surface area contributed by atoms with Gasteiger partial charge in [-0.1, -0.05) is 17.7 Å². The second-order valence-electron chi connectivity index (χ2n) is 9.91. The van der Waals surface area contributed by atoms with E-state index in [1.807, 2.05) is 34.9 Å². The van der Waals surface area contributed by atoms with E-state index in [0.717, 1.165) is 49.9 Å². The van der Waals surface area contributed by atoms with Crippen molar-refractivity contribution in [3.8, 4) is 0 Å². The van der Waals surface area contributed by atoms with Gasteiger partial charge in [0.1, 0.15) is 0 Å². The third kappa shape index (κ3) is 5.13. The molecule has 3 aliphatic heterocycles. The number of amides is 2. The number of fused-ring (bicyclic) bond motifs is 2. The van der Waals surface area contributed by atoms with Crippen LogP contribution in [-0.4, -0.2) is 65.9 Å². The molecule has 4 rings (SSSR count). The highest BCUT2D eigenvalue weighted by Crippen LogP contribution is 2.35. The number of rotatable bonds is 6. The summed E-state index contributed by atoms with van der Waals surface area (Å²) < 4.78 is 0. The summed E-state index contributed by atoms with van der Waals surface area (Å²) in [5.41, 5.74) is 8.12. The lowest BCUT2D eigenvalue weighted by Crippen LogP contribution is -2.48. The minimum atomic E-state index is -0.0464. The van der Waals surface area contributed by atoms with E-state index < -0.39 is 0 Å². The third-order valence-corrected chi connectivity index (χ3v) is 8.15. The number of hydrogen-bond acceptors (Lipinski definition) is 4. The van der Waals surface area contributed by atoms with Gasteiger partial charge in [0.2, 0.25) is 11.8 Å². The van der Waals surface area contributed by atoms with Gasteiger partial charge in [-0.25, -0.2) is 0 Å². The first-order chi connectivity index (χ1) is 15.3. The molecule has 6 nitrogen and oxygen atoms in total. The average molecular weight is 461 g/mol. The molecule has 2 amide bonds. The van der Waals surface area contributed by atoms with E-state index >= 15 is 0 Å². The molecule has 2 atom stereocenters. The van der Waals surface area contributed by atoms with Crippen LogP contribution in [0.3, 0.4) is 0 Å². The third-order valence-electron chi connectivity index (χ3n) is 7.74. The summed E-state index contributed by atoms with van der Waals surface area (Å²) in [7, 11) is 0. The Balaban J connectivity index is 1.43. The Bertz CT molecular complexity index is 825. The molecular weight excluding hydrogens is 424 g/mol. The number of carbonyl (C=O) groups excluding carboxylic acids is 2. The Hall–Kier alpha value is -1.63. The zero-order chi connectivity index (χ0) is 22.8. The van der Waals surface area contributed by atoms with E-state index in [-0.39, 0.29) is 17.7 Å². The molecule has 2 bridgehead atoms. The molecule has 0 spiro atoms. The van der Waals surface area contributed by atoms with Crippen molar-refractivity contribution in [2.24, 2.45) is 11.7 Å². The fourth-order valence-electron chi connectivity index (χ4n) is 5.87. The van der Waals surface area contributed by atoms with Crippen LogP contribution >= 0.6 is 11.6 Å². The Labute approximate surface area is 197 Å². The summed E-state index contributed by atoms with van der Waals surface area (Å²) in [5, 5.41) is 0.690. The van der Waals surface area contributed by atoms with Crippen LogP contribution < -0.4 is 10.6 Å². The van der Waals surface area contributed by atoms with E-state index in [1.165, 1.54) is 12.8 Å². The van der Waals surface area contributed by atoms with Gasteiger partial charge in [-0.05, 0) is 69.6 Å². The molecule has 2 N–H and O–H groups in total. The molecule has 0 saturated carbocycles. The SMILES string of the molecule is CC(=O)N1CCC(C(=O)N(CCCN2C3CCC2CC(N)C3)c2ccc(C)c(Cl)c2)CC1. The van der Waals surface area contributed by atoms with Crippen molar-refractivity contribution in [3.05, 3.63) is 28.8 Å². The first kappa shape index (κ1) is 23.5. The molecule has 7 heteroatoms. The minimum absolute atomic E-state index is 0.0464. The van der Waals surface area contributed by atoms with Gasteiger partial charge in [0.25, 0.3) is 0 Å². The number of hydrogen-bond donors (Lipinski definition) is 1. The highest BCUT2D eigenvalue weighted by molar-refractivity contribution is 6.31. The van der Waals surface area contributed by atoms with Gasteiger partial charge in [0.15, 0.2) is 0 Å². The van der Waals surface area contributed by atoms with Crippen molar-refractivity contribution >= 4 is 29.1 Å². The second kappa shape index (κ2) is 10.1. The Morgan fingerprint density at radius 1 is 1.12 bits per heavy atom. The predicted molar refractivity (Wildman–Crippen MR) is 129 cm³/mol. The normalized spacial score (nSPS) is 26.4. The number of halogens is 1. The maximum absolute atomic E-state index is 13.6. The fraction of sp³-hybridized carbons (Fsp3) is 0.680. The summed E-state index contributed by atoms with van der Waals surface area (Å²) in [4.78, 5) is 31.7. The number of piperidine rings is 2. The van der Waals surface area contributed by atoms with Crippen LogP contribution in [0.25, 0.3) is 0 Å². The highest BCUT2D eigenvalue weighted by atomic mass is 35.5. The number of benzene rings is 1. The Kier molecular flexibility index (Phi) is 7.43. The van der Waals surface area contributed by atoms with Crippen LogP contribution in [0.5, 0.6) is 0 Å². The largest absolute Gasteiger partial charge is 0.343 e. The van der Waals surface area contributed by atoms with Gasteiger partial charge in [0, 0.05) is 67.9 Å². The first-order valence-electron chi connectivity index (χ1n) is 12.2. The molecule has 1 aromatic carbocycles. The molecule has 3 heterocycles. The van der Waals surface area contributed by atoms with Crippen molar-refractivity contribution in [2.45, 2.75) is 76.9 Å². The van der Waals surface area contributed by atoms with Crippen LogP contribution in [0.1, 0.15) is 57.4 Å². The Morgan fingerprint density at radius 2 is 1.78 bits per heavy atom. The number of anilines is 1. The lowest BCUT2D eigenvalue weighted by atomic mass is 9.94. The maximum Gasteiger partial charge on any atom is 0.230 e. The van der Waals surface area contributed by atoms with Crippen LogP contribution in [0.4, 0.5) is 5.69 Å². The lowest BCUT2D eigenvalue weighted by molar-refractivity contribution is -0.133.